The lowest BCUT2D eigenvalue weighted by Gasteiger charge is -2.36. The Bertz CT molecular complexity index is 1130. The van der Waals surface area contributed by atoms with Crippen LogP contribution in [0.4, 0.5) is 14.9 Å². The Balaban J connectivity index is 1.39. The quantitative estimate of drug-likeness (QED) is 0.663. The second-order valence-electron chi connectivity index (χ2n) is 8.21. The lowest BCUT2D eigenvalue weighted by molar-refractivity contribution is -0.120. The Morgan fingerprint density at radius 2 is 1.94 bits per heavy atom. The van der Waals surface area contributed by atoms with Crippen molar-refractivity contribution in [3.05, 3.63) is 65.6 Å². The minimum Gasteiger partial charge on any atom is -0.361 e. The summed E-state index contributed by atoms with van der Waals surface area (Å²) in [5, 5.41) is 4.20. The third kappa shape index (κ3) is 4.13. The predicted molar refractivity (Wildman–Crippen MR) is 120 cm³/mol. The van der Waals surface area contributed by atoms with Crippen LogP contribution in [0.1, 0.15) is 30.9 Å². The van der Waals surface area contributed by atoms with E-state index in [-0.39, 0.29) is 36.3 Å². The minimum absolute atomic E-state index is 0.00314. The van der Waals surface area contributed by atoms with E-state index in [1.807, 2.05) is 31.3 Å². The largest absolute Gasteiger partial charge is 0.361 e. The fourth-order valence-electron chi connectivity index (χ4n) is 4.17. The number of para-hydroxylation sites is 1. The molecule has 2 aromatic carbocycles. The van der Waals surface area contributed by atoms with E-state index >= 15 is 0 Å². The number of nitrogens with one attached hydrogen (secondary N) is 2. The molecule has 1 aliphatic heterocycles. The van der Waals surface area contributed by atoms with Gasteiger partial charge in [-0.1, -0.05) is 25.1 Å². The Morgan fingerprint density at radius 3 is 2.68 bits per heavy atom. The second-order valence-corrected chi connectivity index (χ2v) is 8.21. The molecule has 3 amide bonds. The van der Waals surface area contributed by atoms with Gasteiger partial charge in [-0.05, 0) is 49.2 Å². The van der Waals surface area contributed by atoms with Gasteiger partial charge >= 0.3 is 6.03 Å². The molecule has 0 unspecified atom stereocenters. The van der Waals surface area contributed by atoms with Gasteiger partial charge in [-0.25, -0.2) is 9.18 Å². The molecule has 4 rings (SSSR count). The van der Waals surface area contributed by atoms with Crippen LogP contribution in [0.5, 0.6) is 0 Å². The molecule has 0 aliphatic carbocycles. The first-order valence-corrected chi connectivity index (χ1v) is 10.5. The van der Waals surface area contributed by atoms with Crippen LogP contribution in [-0.4, -0.2) is 47.5 Å². The van der Waals surface area contributed by atoms with E-state index < -0.39 is 0 Å². The fraction of sp³-hybridized carbons (Fsp3) is 0.333. The first-order chi connectivity index (χ1) is 14.8. The van der Waals surface area contributed by atoms with Crippen molar-refractivity contribution in [2.75, 3.05) is 24.5 Å². The van der Waals surface area contributed by atoms with Crippen molar-refractivity contribution >= 4 is 28.5 Å². The van der Waals surface area contributed by atoms with E-state index in [2.05, 4.69) is 23.3 Å². The first kappa shape index (κ1) is 20.9. The number of nitrogens with zero attached hydrogens (tertiary/aromatic N) is 2. The molecule has 0 radical (unpaired) electrons. The summed E-state index contributed by atoms with van der Waals surface area (Å²) in [5.74, 6) is -0.405. The molecule has 7 heteroatoms. The highest BCUT2D eigenvalue weighted by atomic mass is 19.1. The number of benzene rings is 2. The molecule has 1 fully saturated rings. The zero-order valence-corrected chi connectivity index (χ0v) is 18.0. The van der Waals surface area contributed by atoms with E-state index in [1.165, 1.54) is 17.0 Å². The van der Waals surface area contributed by atoms with Crippen molar-refractivity contribution in [3.63, 3.8) is 0 Å². The Hall–Kier alpha value is -3.35. The van der Waals surface area contributed by atoms with Gasteiger partial charge in [0.2, 0.25) is 5.91 Å². The van der Waals surface area contributed by atoms with Crippen molar-refractivity contribution in [1.29, 1.82) is 0 Å². The summed E-state index contributed by atoms with van der Waals surface area (Å²) in [7, 11) is 0. The number of urea groups is 1. The molecule has 1 aromatic heterocycles. The van der Waals surface area contributed by atoms with Gasteiger partial charge in [0.05, 0.1) is 0 Å². The number of aromatic amines is 1. The van der Waals surface area contributed by atoms with Crippen LogP contribution in [0.25, 0.3) is 10.9 Å². The number of fused-ring (bicyclic) bond motifs is 1. The smallest absolute Gasteiger partial charge is 0.318 e. The fourth-order valence-corrected chi connectivity index (χ4v) is 4.17. The molecule has 2 heterocycles. The summed E-state index contributed by atoms with van der Waals surface area (Å²) in [4.78, 5) is 32.0. The van der Waals surface area contributed by atoms with Crippen molar-refractivity contribution in [2.45, 2.75) is 32.7 Å². The van der Waals surface area contributed by atoms with Gasteiger partial charge in [0.1, 0.15) is 12.4 Å². The van der Waals surface area contributed by atoms with Crippen LogP contribution in [0.2, 0.25) is 0 Å². The number of amides is 3. The van der Waals surface area contributed by atoms with E-state index in [9.17, 15) is 14.0 Å². The van der Waals surface area contributed by atoms with E-state index in [0.717, 1.165) is 16.5 Å². The molecule has 3 aromatic rings. The number of carbonyl (C=O) groups is 2. The molecule has 31 heavy (non-hydrogen) atoms. The van der Waals surface area contributed by atoms with Gasteiger partial charge in [0, 0.05) is 47.8 Å². The summed E-state index contributed by atoms with van der Waals surface area (Å²) in [6.45, 7) is 6.63. The zero-order valence-electron chi connectivity index (χ0n) is 18.0. The summed E-state index contributed by atoms with van der Waals surface area (Å²) < 4.78 is 13.4. The van der Waals surface area contributed by atoms with Crippen LogP contribution in [0.15, 0.2) is 48.7 Å². The maximum absolute atomic E-state index is 13.4. The number of halogens is 1. The molecule has 2 N–H and O–H groups in total. The van der Waals surface area contributed by atoms with Crippen LogP contribution in [-0.2, 0) is 4.79 Å². The highest BCUT2D eigenvalue weighted by Crippen LogP contribution is 2.28. The average Bonchev–Trinajstić information content (AvgIpc) is 3.17. The van der Waals surface area contributed by atoms with Crippen molar-refractivity contribution in [3.8, 4) is 0 Å². The molecule has 0 saturated carbocycles. The third-order valence-electron chi connectivity index (χ3n) is 6.17. The molecular weight excluding hydrogens is 395 g/mol. The first-order valence-electron chi connectivity index (χ1n) is 10.5. The predicted octanol–water partition coefficient (Wildman–Crippen LogP) is 4.17. The van der Waals surface area contributed by atoms with Crippen LogP contribution >= 0.6 is 0 Å². The second kappa shape index (κ2) is 8.41. The minimum atomic E-state index is -0.329. The number of H-pyrrole nitrogens is 1. The van der Waals surface area contributed by atoms with Gasteiger partial charge in [0.25, 0.3) is 0 Å². The van der Waals surface area contributed by atoms with E-state index in [0.29, 0.717) is 24.3 Å². The summed E-state index contributed by atoms with van der Waals surface area (Å²) >= 11 is 0. The maximum atomic E-state index is 13.4. The van der Waals surface area contributed by atoms with Gasteiger partial charge in [-0.3, -0.25) is 4.79 Å². The molecular formula is C24H27FN4O2. The Labute approximate surface area is 181 Å². The number of aryl methyl sites for hydroxylation is 1. The van der Waals surface area contributed by atoms with Crippen molar-refractivity contribution < 1.29 is 14.0 Å². The van der Waals surface area contributed by atoms with Crippen LogP contribution in [0.3, 0.4) is 0 Å². The summed E-state index contributed by atoms with van der Waals surface area (Å²) in [5.41, 5.74) is 3.61. The number of carbonyl (C=O) groups excluding carboxylic acids is 2. The molecule has 162 valence electrons. The molecule has 1 aliphatic rings. The van der Waals surface area contributed by atoms with Gasteiger partial charge in [-0.15, -0.1) is 0 Å². The third-order valence-corrected chi connectivity index (χ3v) is 6.17. The lowest BCUT2D eigenvalue weighted by atomic mass is 9.94. The van der Waals surface area contributed by atoms with Gasteiger partial charge in [-0.2, -0.15) is 0 Å². The normalized spacial score (nSPS) is 16.5. The number of hydrogen-bond acceptors (Lipinski definition) is 2. The number of aromatic nitrogens is 1. The standard InChI is InChI=1S/C24H27FN4O2/c1-15-12-18(25)8-9-22(15)29-11-10-28(14-23(29)30)24(31)27-17(3)16(2)20-13-26-21-7-5-4-6-19(20)21/h4-9,12-13,16-17,26H,10-11,14H2,1-3H3,(H,27,31)/t16-,17-/m1/s1. The zero-order chi connectivity index (χ0) is 22.1. The molecule has 2 atom stereocenters. The van der Waals surface area contributed by atoms with Crippen LogP contribution in [0, 0.1) is 12.7 Å². The summed E-state index contributed by atoms with van der Waals surface area (Å²) in [6, 6.07) is 12.1. The highest BCUT2D eigenvalue weighted by Gasteiger charge is 2.30. The number of rotatable bonds is 4. The molecule has 0 spiro atoms. The Kier molecular flexibility index (Phi) is 5.67. The summed E-state index contributed by atoms with van der Waals surface area (Å²) in [6.07, 6.45) is 1.99. The van der Waals surface area contributed by atoms with Crippen LogP contribution < -0.4 is 10.2 Å². The number of anilines is 1. The molecule has 1 saturated heterocycles. The average molecular weight is 423 g/mol. The number of hydrogen-bond donors (Lipinski definition) is 2. The van der Waals surface area contributed by atoms with Crippen molar-refractivity contribution in [2.24, 2.45) is 0 Å². The monoisotopic (exact) mass is 422 g/mol. The topological polar surface area (TPSA) is 68.4 Å². The number of piperazine rings is 1. The highest BCUT2D eigenvalue weighted by molar-refractivity contribution is 5.98. The van der Waals surface area contributed by atoms with E-state index in [1.54, 1.807) is 17.9 Å². The molecule has 6 nitrogen and oxygen atoms in total. The van der Waals surface area contributed by atoms with Crippen molar-refractivity contribution in [1.82, 2.24) is 15.2 Å². The Morgan fingerprint density at radius 1 is 1.16 bits per heavy atom. The molecule has 0 bridgehead atoms. The van der Waals surface area contributed by atoms with Gasteiger partial charge < -0.3 is 20.1 Å². The lowest BCUT2D eigenvalue weighted by Crippen LogP contribution is -2.56. The maximum Gasteiger partial charge on any atom is 0.318 e. The van der Waals surface area contributed by atoms with Gasteiger partial charge in [0.15, 0.2) is 0 Å². The SMILES string of the molecule is Cc1cc(F)ccc1N1CCN(C(=O)N[C@H](C)[C@@H](C)c2c[nH]c3ccccc23)CC1=O. The van der Waals surface area contributed by atoms with E-state index in [4.69, 9.17) is 0 Å².